The van der Waals surface area contributed by atoms with E-state index in [0.717, 1.165) is 0 Å². The maximum atomic E-state index is 11.9. The fourth-order valence-corrected chi connectivity index (χ4v) is 1.87. The number of hydrogen-bond acceptors (Lipinski definition) is 5. The monoisotopic (exact) mass is 308 g/mol. The van der Waals surface area contributed by atoms with E-state index in [0.29, 0.717) is 17.2 Å². The number of nitrogens with one attached hydrogen (secondary N) is 1. The first-order valence-corrected chi connectivity index (χ1v) is 7.01. The number of amides is 2. The molecule has 1 aromatic carbocycles. The fraction of sp³-hybridized carbons (Fsp3) is 0.467. The van der Waals surface area contributed by atoms with Gasteiger partial charge in [-0.25, -0.2) is 0 Å². The highest BCUT2D eigenvalue weighted by Gasteiger charge is 2.18. The number of hydrogen-bond donors (Lipinski definition) is 1. The van der Waals surface area contributed by atoms with Crippen LogP contribution in [0, 0.1) is 0 Å². The molecule has 0 radical (unpaired) electrons. The van der Waals surface area contributed by atoms with Crippen LogP contribution in [0.2, 0.25) is 0 Å². The van der Waals surface area contributed by atoms with Crippen LogP contribution in [0.25, 0.3) is 0 Å². The number of carbonyl (C=O) groups excluding carboxylic acids is 2. The molecule has 2 amide bonds. The number of rotatable bonds is 6. The number of benzene rings is 1. The summed E-state index contributed by atoms with van der Waals surface area (Å²) in [4.78, 5) is 24.8. The van der Waals surface area contributed by atoms with Crippen LogP contribution in [-0.4, -0.2) is 50.3 Å². The molecule has 2 rings (SSSR count). The van der Waals surface area contributed by atoms with Crippen LogP contribution in [0.5, 0.6) is 17.2 Å². The maximum absolute atomic E-state index is 11.9. The molecule has 7 nitrogen and oxygen atoms in total. The van der Waals surface area contributed by atoms with Crippen molar-refractivity contribution in [2.24, 2.45) is 0 Å². The summed E-state index contributed by atoms with van der Waals surface area (Å²) in [7, 11) is 3.35. The van der Waals surface area contributed by atoms with Crippen molar-refractivity contribution in [3.8, 4) is 17.2 Å². The first kappa shape index (κ1) is 15.9. The van der Waals surface area contributed by atoms with Gasteiger partial charge in [-0.1, -0.05) is 0 Å². The smallest absolute Gasteiger partial charge is 0.260 e. The third-order valence-electron chi connectivity index (χ3n) is 3.16. The van der Waals surface area contributed by atoms with Crippen molar-refractivity contribution in [3.63, 3.8) is 0 Å². The van der Waals surface area contributed by atoms with Gasteiger partial charge < -0.3 is 24.4 Å². The van der Waals surface area contributed by atoms with Crippen LogP contribution in [-0.2, 0) is 9.59 Å². The molecule has 0 aromatic heterocycles. The quantitative estimate of drug-likeness (QED) is 0.840. The zero-order valence-corrected chi connectivity index (χ0v) is 12.9. The standard InChI is InChI=1S/C15H20N2O5/c1-10(15(19)16-7-6-14(18)17(2)3)22-11-4-5-12-13(8-11)21-9-20-12/h4-5,8,10H,6-7,9H2,1-3H3,(H,16,19)/t10-/m0/s1. The molecule has 0 saturated carbocycles. The number of nitrogens with zero attached hydrogens (tertiary/aromatic N) is 1. The zero-order chi connectivity index (χ0) is 16.1. The number of ether oxygens (including phenoxy) is 3. The van der Waals surface area contributed by atoms with E-state index in [2.05, 4.69) is 5.32 Å². The van der Waals surface area contributed by atoms with E-state index < -0.39 is 6.10 Å². The van der Waals surface area contributed by atoms with Gasteiger partial charge in [0.15, 0.2) is 17.6 Å². The second-order valence-electron chi connectivity index (χ2n) is 5.10. The van der Waals surface area contributed by atoms with Gasteiger partial charge in [-0.05, 0) is 19.1 Å². The lowest BCUT2D eigenvalue weighted by Crippen LogP contribution is -2.38. The van der Waals surface area contributed by atoms with Gasteiger partial charge in [-0.15, -0.1) is 0 Å². The Bertz CT molecular complexity index is 559. The molecule has 0 bridgehead atoms. The third kappa shape index (κ3) is 4.03. The molecule has 0 unspecified atom stereocenters. The highest BCUT2D eigenvalue weighted by molar-refractivity contribution is 5.82. The molecule has 22 heavy (non-hydrogen) atoms. The third-order valence-corrected chi connectivity index (χ3v) is 3.16. The van der Waals surface area contributed by atoms with E-state index in [1.807, 2.05) is 0 Å². The Hall–Kier alpha value is -2.44. The molecule has 7 heteroatoms. The minimum Gasteiger partial charge on any atom is -0.481 e. The molecular formula is C15H20N2O5. The molecule has 1 atom stereocenters. The molecule has 1 aliphatic heterocycles. The summed E-state index contributed by atoms with van der Waals surface area (Å²) in [6, 6.07) is 5.13. The van der Waals surface area contributed by atoms with Crippen LogP contribution in [0.3, 0.4) is 0 Å². The summed E-state index contributed by atoms with van der Waals surface area (Å²) in [6.45, 7) is 2.12. The lowest BCUT2D eigenvalue weighted by Gasteiger charge is -2.15. The van der Waals surface area contributed by atoms with E-state index >= 15 is 0 Å². The minimum absolute atomic E-state index is 0.0374. The molecule has 1 aromatic rings. The Morgan fingerprint density at radius 3 is 2.77 bits per heavy atom. The fourth-order valence-electron chi connectivity index (χ4n) is 1.87. The SMILES string of the molecule is C[C@H](Oc1ccc2c(c1)OCO2)C(=O)NCCC(=O)N(C)C. The largest absolute Gasteiger partial charge is 0.481 e. The van der Waals surface area contributed by atoms with Gasteiger partial charge in [-0.2, -0.15) is 0 Å². The highest BCUT2D eigenvalue weighted by Crippen LogP contribution is 2.35. The van der Waals surface area contributed by atoms with Gasteiger partial charge in [0.05, 0.1) is 0 Å². The number of fused-ring (bicyclic) bond motifs is 1. The van der Waals surface area contributed by atoms with E-state index in [-0.39, 0.29) is 31.6 Å². The van der Waals surface area contributed by atoms with Gasteiger partial charge >= 0.3 is 0 Å². The Balaban J connectivity index is 1.80. The Kier molecular flexibility index (Phi) is 5.08. The Morgan fingerprint density at radius 1 is 1.32 bits per heavy atom. The first-order chi connectivity index (χ1) is 10.5. The van der Waals surface area contributed by atoms with Crippen molar-refractivity contribution in [2.75, 3.05) is 27.4 Å². The molecule has 1 heterocycles. The molecule has 120 valence electrons. The van der Waals surface area contributed by atoms with Crippen LogP contribution >= 0.6 is 0 Å². The zero-order valence-electron chi connectivity index (χ0n) is 12.9. The van der Waals surface area contributed by atoms with Crippen LogP contribution in [0.1, 0.15) is 13.3 Å². The van der Waals surface area contributed by atoms with Crippen LogP contribution in [0.15, 0.2) is 18.2 Å². The minimum atomic E-state index is -0.671. The van der Waals surface area contributed by atoms with Crippen LogP contribution in [0.4, 0.5) is 0 Å². The average Bonchev–Trinajstić information content (AvgIpc) is 2.94. The van der Waals surface area contributed by atoms with Gasteiger partial charge in [0, 0.05) is 33.1 Å². The summed E-state index contributed by atoms with van der Waals surface area (Å²) in [5.74, 6) is 1.47. The summed E-state index contributed by atoms with van der Waals surface area (Å²) in [5.41, 5.74) is 0. The molecule has 0 spiro atoms. The van der Waals surface area contributed by atoms with Crippen LogP contribution < -0.4 is 19.5 Å². The van der Waals surface area contributed by atoms with Crippen molar-refractivity contribution in [2.45, 2.75) is 19.4 Å². The van der Waals surface area contributed by atoms with Crippen molar-refractivity contribution in [1.82, 2.24) is 10.2 Å². The van der Waals surface area contributed by atoms with E-state index in [1.54, 1.807) is 39.2 Å². The molecular weight excluding hydrogens is 288 g/mol. The number of carbonyl (C=O) groups is 2. The summed E-state index contributed by atoms with van der Waals surface area (Å²) in [6.07, 6.45) is -0.412. The average molecular weight is 308 g/mol. The highest BCUT2D eigenvalue weighted by atomic mass is 16.7. The summed E-state index contributed by atoms with van der Waals surface area (Å²) in [5, 5.41) is 2.67. The lowest BCUT2D eigenvalue weighted by molar-refractivity contribution is -0.129. The Morgan fingerprint density at radius 2 is 2.05 bits per heavy atom. The molecule has 0 fully saturated rings. The molecule has 1 aliphatic rings. The van der Waals surface area contributed by atoms with E-state index in [1.165, 1.54) is 4.90 Å². The predicted octanol–water partition coefficient (Wildman–Crippen LogP) is 0.777. The topological polar surface area (TPSA) is 77.1 Å². The lowest BCUT2D eigenvalue weighted by atomic mass is 10.3. The van der Waals surface area contributed by atoms with E-state index in [9.17, 15) is 9.59 Å². The van der Waals surface area contributed by atoms with Crippen molar-refractivity contribution in [3.05, 3.63) is 18.2 Å². The van der Waals surface area contributed by atoms with Gasteiger partial charge in [0.1, 0.15) is 5.75 Å². The van der Waals surface area contributed by atoms with Crippen molar-refractivity contribution < 1.29 is 23.8 Å². The second-order valence-corrected chi connectivity index (χ2v) is 5.10. The van der Waals surface area contributed by atoms with Crippen molar-refractivity contribution >= 4 is 11.8 Å². The predicted molar refractivity (Wildman–Crippen MR) is 79.0 cm³/mol. The molecule has 0 saturated heterocycles. The van der Waals surface area contributed by atoms with Crippen molar-refractivity contribution in [1.29, 1.82) is 0 Å². The summed E-state index contributed by atoms with van der Waals surface area (Å²) < 4.78 is 16.0. The van der Waals surface area contributed by atoms with Gasteiger partial charge in [-0.3, -0.25) is 9.59 Å². The summed E-state index contributed by atoms with van der Waals surface area (Å²) >= 11 is 0. The normalized spacial score (nSPS) is 13.4. The van der Waals surface area contributed by atoms with Gasteiger partial charge in [0.25, 0.3) is 5.91 Å². The van der Waals surface area contributed by atoms with Gasteiger partial charge in [0.2, 0.25) is 12.7 Å². The Labute approximate surface area is 129 Å². The first-order valence-electron chi connectivity index (χ1n) is 7.01. The molecule has 1 N–H and O–H groups in total. The molecule has 0 aliphatic carbocycles. The van der Waals surface area contributed by atoms with E-state index in [4.69, 9.17) is 14.2 Å². The second kappa shape index (κ2) is 7.02. The maximum Gasteiger partial charge on any atom is 0.260 e.